The lowest BCUT2D eigenvalue weighted by molar-refractivity contribution is -0.249. The summed E-state index contributed by atoms with van der Waals surface area (Å²) in [5.41, 5.74) is 3.39. The van der Waals surface area contributed by atoms with Gasteiger partial charge in [0.25, 0.3) is 0 Å². The van der Waals surface area contributed by atoms with Crippen LogP contribution in [0.4, 0.5) is 0 Å². The molecule has 5 aliphatic carbocycles. The van der Waals surface area contributed by atoms with Crippen LogP contribution in [0.1, 0.15) is 113 Å². The summed E-state index contributed by atoms with van der Waals surface area (Å²) in [5.74, 6) is 1.93. The summed E-state index contributed by atoms with van der Waals surface area (Å²) >= 11 is 0. The molecule has 0 radical (unpaired) electrons. The van der Waals surface area contributed by atoms with Gasteiger partial charge in [-0.1, -0.05) is 46.8 Å². The van der Waals surface area contributed by atoms with E-state index in [4.69, 9.17) is 4.74 Å². The predicted molar refractivity (Wildman–Crippen MR) is 144 cm³/mol. The Morgan fingerprint density at radius 2 is 1.54 bits per heavy atom. The van der Waals surface area contributed by atoms with Gasteiger partial charge < -0.3 is 4.74 Å². The number of ether oxygens (including phenoxy) is 1. The van der Waals surface area contributed by atoms with Gasteiger partial charge in [0.15, 0.2) is 0 Å². The lowest BCUT2D eigenvalue weighted by Crippen LogP contribution is -2.67. The lowest BCUT2D eigenvalue weighted by atomic mass is 9.32. The van der Waals surface area contributed by atoms with Crippen LogP contribution in [0.25, 0.3) is 0 Å². The third-order valence-electron chi connectivity index (χ3n) is 13.9. The van der Waals surface area contributed by atoms with Crippen LogP contribution < -0.4 is 5.48 Å². The molecule has 10 atom stereocenters. The Hall–Kier alpha value is -1.36. The van der Waals surface area contributed by atoms with Crippen LogP contribution in [-0.2, 0) is 14.3 Å². The highest BCUT2D eigenvalue weighted by Crippen LogP contribution is 2.77. The topological polar surface area (TPSA) is 75.6 Å². The zero-order chi connectivity index (χ0) is 27.2. The number of hydrogen-bond donors (Lipinski definition) is 2. The molecule has 0 aliphatic heterocycles. The second-order valence-electron chi connectivity index (χ2n) is 15.2. The quantitative estimate of drug-likeness (QED) is 0.183. The maximum absolute atomic E-state index is 13.3. The number of fused-ring (bicyclic) bond motifs is 7. The van der Waals surface area contributed by atoms with Crippen LogP contribution >= 0.6 is 0 Å². The molecule has 5 rings (SSSR count). The number of allylic oxidation sites excluding steroid dienone is 1. The number of carbonyl (C=O) groups excluding carboxylic acids is 2. The van der Waals surface area contributed by atoms with Crippen LogP contribution in [0.2, 0.25) is 0 Å². The van der Waals surface area contributed by atoms with E-state index in [0.29, 0.717) is 23.7 Å². The third kappa shape index (κ3) is 3.44. The molecule has 0 heterocycles. The van der Waals surface area contributed by atoms with Gasteiger partial charge in [0.1, 0.15) is 6.10 Å². The molecule has 0 aromatic rings. The van der Waals surface area contributed by atoms with Crippen molar-refractivity contribution in [2.24, 2.45) is 56.7 Å². The molecule has 0 spiro atoms. The van der Waals surface area contributed by atoms with E-state index in [2.05, 4.69) is 53.6 Å². The molecule has 0 saturated heterocycles. The Morgan fingerprint density at radius 1 is 0.838 bits per heavy atom. The second kappa shape index (κ2) is 8.57. The number of hydroxylamine groups is 1. The van der Waals surface area contributed by atoms with Gasteiger partial charge in [-0.2, -0.15) is 0 Å². The van der Waals surface area contributed by atoms with Gasteiger partial charge in [-0.3, -0.25) is 14.8 Å². The van der Waals surface area contributed by atoms with E-state index in [9.17, 15) is 14.8 Å². The Labute approximate surface area is 224 Å². The summed E-state index contributed by atoms with van der Waals surface area (Å²) in [4.78, 5) is 25.2. The maximum Gasteiger partial charge on any atom is 0.302 e. The fraction of sp³-hybridized carbons (Fsp3) is 0.875. The third-order valence-corrected chi connectivity index (χ3v) is 13.9. The zero-order valence-corrected chi connectivity index (χ0v) is 24.4. The molecule has 5 heteroatoms. The number of hydrogen-bond acceptors (Lipinski definition) is 4. The number of amides is 1. The molecule has 5 saturated carbocycles. The minimum Gasteiger partial charge on any atom is -0.462 e. The molecule has 5 fully saturated rings. The first kappa shape index (κ1) is 27.2. The normalized spacial score (nSPS) is 50.1. The van der Waals surface area contributed by atoms with E-state index >= 15 is 0 Å². The molecule has 208 valence electrons. The number of carbonyl (C=O) groups is 2. The van der Waals surface area contributed by atoms with E-state index in [1.807, 2.05) is 0 Å². The van der Waals surface area contributed by atoms with Crippen molar-refractivity contribution in [2.45, 2.75) is 119 Å². The summed E-state index contributed by atoms with van der Waals surface area (Å²) in [6.07, 6.45) is 10.6. The molecule has 5 aliphatic rings. The van der Waals surface area contributed by atoms with Crippen LogP contribution in [-0.4, -0.2) is 23.2 Å². The van der Waals surface area contributed by atoms with Gasteiger partial charge in [-0.25, -0.2) is 5.48 Å². The van der Waals surface area contributed by atoms with Gasteiger partial charge in [0, 0.05) is 12.3 Å². The number of rotatable bonds is 3. The largest absolute Gasteiger partial charge is 0.462 e. The van der Waals surface area contributed by atoms with Gasteiger partial charge in [0.2, 0.25) is 5.91 Å². The Bertz CT molecular complexity index is 989. The SMILES string of the molecule is C=C(C)[C@@H]1CC[C@]2(C(=O)NO)CC[C@]3(C)[C@H](CC[C@@H]4[C@@]5(C)CC[C@H](OC(C)=O)C(C)(C)[C@@H]5CC[C@]43C)[C@@H]12. The molecule has 0 aromatic carbocycles. The Kier molecular flexibility index (Phi) is 6.30. The first-order valence-corrected chi connectivity index (χ1v) is 15.0. The van der Waals surface area contributed by atoms with E-state index in [1.54, 1.807) is 6.92 Å². The van der Waals surface area contributed by atoms with Crippen molar-refractivity contribution >= 4 is 11.9 Å². The molecule has 0 unspecified atom stereocenters. The molecule has 2 N–H and O–H groups in total. The van der Waals surface area contributed by atoms with Gasteiger partial charge in [-0.05, 0) is 117 Å². The molecular formula is C32H51NO4. The van der Waals surface area contributed by atoms with Crippen molar-refractivity contribution in [3.8, 4) is 0 Å². The monoisotopic (exact) mass is 513 g/mol. The minimum atomic E-state index is -0.461. The van der Waals surface area contributed by atoms with Crippen molar-refractivity contribution in [3.05, 3.63) is 12.2 Å². The van der Waals surface area contributed by atoms with E-state index in [0.717, 1.165) is 44.9 Å². The molecule has 0 aromatic heterocycles. The maximum atomic E-state index is 13.3. The Morgan fingerprint density at radius 3 is 2.16 bits per heavy atom. The van der Waals surface area contributed by atoms with Crippen molar-refractivity contribution in [1.29, 1.82) is 0 Å². The van der Waals surface area contributed by atoms with E-state index < -0.39 is 5.41 Å². The fourth-order valence-electron chi connectivity index (χ4n) is 12.0. The number of esters is 1. The van der Waals surface area contributed by atoms with Crippen LogP contribution in [0, 0.1) is 56.7 Å². The summed E-state index contributed by atoms with van der Waals surface area (Å²) < 4.78 is 5.89. The average Bonchev–Trinajstić information content (AvgIpc) is 3.22. The molecular weight excluding hydrogens is 462 g/mol. The summed E-state index contributed by atoms with van der Waals surface area (Å²) in [6.45, 7) is 20.5. The number of nitrogens with one attached hydrogen (secondary N) is 1. The minimum absolute atomic E-state index is 0.00135. The van der Waals surface area contributed by atoms with Crippen LogP contribution in [0.3, 0.4) is 0 Å². The summed E-state index contributed by atoms with van der Waals surface area (Å²) in [7, 11) is 0. The van der Waals surface area contributed by atoms with E-state index in [1.165, 1.54) is 24.8 Å². The van der Waals surface area contributed by atoms with Crippen molar-refractivity contribution < 1.29 is 19.5 Å². The zero-order valence-electron chi connectivity index (χ0n) is 24.4. The Balaban J connectivity index is 1.52. The van der Waals surface area contributed by atoms with Crippen LogP contribution in [0.15, 0.2) is 12.2 Å². The second-order valence-corrected chi connectivity index (χ2v) is 15.2. The molecule has 0 bridgehead atoms. The van der Waals surface area contributed by atoms with Gasteiger partial charge in [-0.15, -0.1) is 0 Å². The van der Waals surface area contributed by atoms with Gasteiger partial charge >= 0.3 is 5.97 Å². The van der Waals surface area contributed by atoms with Gasteiger partial charge in [0.05, 0.1) is 5.41 Å². The van der Waals surface area contributed by atoms with Crippen molar-refractivity contribution in [3.63, 3.8) is 0 Å². The molecule has 5 nitrogen and oxygen atoms in total. The first-order chi connectivity index (χ1) is 17.2. The first-order valence-electron chi connectivity index (χ1n) is 15.0. The highest BCUT2D eigenvalue weighted by atomic mass is 16.5. The standard InChI is InChI=1S/C32H51NO4/c1-19(2)21-11-16-32(27(35)33-36)18-17-30(7)22(26(21)32)9-10-24-29(6)14-13-25(37-20(3)34)28(4,5)23(29)12-15-31(24,30)8/h21-26,36H,1,9-18H2,2-8H3,(H,33,35)/t21-,22+,23-,24+,25-,26+,29-,30+,31+,32-/m0/s1. The smallest absolute Gasteiger partial charge is 0.302 e. The highest BCUT2D eigenvalue weighted by Gasteiger charge is 2.72. The summed E-state index contributed by atoms with van der Waals surface area (Å²) in [6, 6.07) is 0. The van der Waals surface area contributed by atoms with Crippen LogP contribution in [0.5, 0.6) is 0 Å². The lowest BCUT2D eigenvalue weighted by Gasteiger charge is -2.72. The highest BCUT2D eigenvalue weighted by molar-refractivity contribution is 5.82. The van der Waals surface area contributed by atoms with Crippen molar-refractivity contribution in [1.82, 2.24) is 5.48 Å². The van der Waals surface area contributed by atoms with Crippen molar-refractivity contribution in [2.75, 3.05) is 0 Å². The van der Waals surface area contributed by atoms with E-state index in [-0.39, 0.29) is 45.6 Å². The predicted octanol–water partition coefficient (Wildman–Crippen LogP) is 7.08. The summed E-state index contributed by atoms with van der Waals surface area (Å²) in [5, 5.41) is 9.79. The average molecular weight is 514 g/mol. The molecule has 37 heavy (non-hydrogen) atoms. The molecule has 1 amide bonds. The fourth-order valence-corrected chi connectivity index (χ4v) is 12.0.